The van der Waals surface area contributed by atoms with Crippen molar-refractivity contribution < 1.29 is 9.53 Å². The lowest BCUT2D eigenvalue weighted by Crippen LogP contribution is -2.06. The topological polar surface area (TPSA) is 26.3 Å². The third-order valence-corrected chi connectivity index (χ3v) is 2.56. The predicted molar refractivity (Wildman–Crippen MR) is 68.4 cm³/mol. The second kappa shape index (κ2) is 10.7. The van der Waals surface area contributed by atoms with Gasteiger partial charge in [0.25, 0.3) is 0 Å². The van der Waals surface area contributed by atoms with Gasteiger partial charge in [-0.05, 0) is 26.2 Å². The first kappa shape index (κ1) is 15.2. The highest BCUT2D eigenvalue weighted by Gasteiger charge is 2.03. The van der Waals surface area contributed by atoms with Crippen molar-refractivity contribution >= 4 is 5.97 Å². The monoisotopic (exact) mass is 226 g/mol. The molecule has 0 heterocycles. The molecule has 0 saturated carbocycles. The fourth-order valence-electron chi connectivity index (χ4n) is 1.40. The maximum Gasteiger partial charge on any atom is 0.333 e. The number of unbranched alkanes of at least 4 members (excludes halogenated alkanes) is 5. The Kier molecular flexibility index (Phi) is 10.2. The van der Waals surface area contributed by atoms with Crippen LogP contribution in [0.3, 0.4) is 0 Å². The third-order valence-electron chi connectivity index (χ3n) is 2.56. The molecule has 94 valence electrons. The van der Waals surface area contributed by atoms with Crippen LogP contribution in [0.2, 0.25) is 0 Å². The summed E-state index contributed by atoms with van der Waals surface area (Å²) in [5.41, 5.74) is 0.757. The van der Waals surface area contributed by atoms with Crippen molar-refractivity contribution in [3.8, 4) is 0 Å². The molecule has 0 aliphatic rings. The van der Waals surface area contributed by atoms with Gasteiger partial charge in [-0.2, -0.15) is 0 Å². The Hall–Kier alpha value is -0.790. The number of rotatable bonds is 9. The second-order valence-corrected chi connectivity index (χ2v) is 4.23. The van der Waals surface area contributed by atoms with E-state index in [1.807, 2.05) is 13.0 Å². The normalized spacial score (nSPS) is 11.6. The number of hydrogen-bond donors (Lipinski definition) is 0. The van der Waals surface area contributed by atoms with Crippen LogP contribution in [0.5, 0.6) is 0 Å². The minimum atomic E-state index is -0.149. The Balaban J connectivity index is 3.62. The first-order valence-electron chi connectivity index (χ1n) is 6.56. The summed E-state index contributed by atoms with van der Waals surface area (Å²) >= 11 is 0. The van der Waals surface area contributed by atoms with Crippen molar-refractivity contribution in [2.24, 2.45) is 0 Å². The van der Waals surface area contributed by atoms with Crippen LogP contribution in [0.1, 0.15) is 65.7 Å². The third kappa shape index (κ3) is 8.51. The van der Waals surface area contributed by atoms with Crippen LogP contribution in [0.25, 0.3) is 0 Å². The summed E-state index contributed by atoms with van der Waals surface area (Å²) in [6.07, 6.45) is 9.98. The van der Waals surface area contributed by atoms with E-state index in [9.17, 15) is 4.79 Å². The molecule has 0 N–H and O–H groups in total. The van der Waals surface area contributed by atoms with Crippen LogP contribution in [0, 0.1) is 0 Å². The molecule has 0 unspecified atom stereocenters. The Morgan fingerprint density at radius 1 is 1.06 bits per heavy atom. The molecule has 0 atom stereocenters. The number of carbonyl (C=O) groups is 1. The van der Waals surface area contributed by atoms with E-state index >= 15 is 0 Å². The molecule has 0 aromatic heterocycles. The summed E-state index contributed by atoms with van der Waals surface area (Å²) in [7, 11) is 0. The van der Waals surface area contributed by atoms with Crippen LogP contribution in [-0.4, -0.2) is 12.6 Å². The zero-order valence-electron chi connectivity index (χ0n) is 11.1. The van der Waals surface area contributed by atoms with Gasteiger partial charge in [0, 0.05) is 5.57 Å². The second-order valence-electron chi connectivity index (χ2n) is 4.23. The summed E-state index contributed by atoms with van der Waals surface area (Å²) in [5.74, 6) is -0.149. The number of carbonyl (C=O) groups excluding carboxylic acids is 1. The summed E-state index contributed by atoms with van der Waals surface area (Å²) in [6, 6.07) is 0. The molecule has 0 amide bonds. The van der Waals surface area contributed by atoms with Gasteiger partial charge in [-0.15, -0.1) is 0 Å². The highest BCUT2D eigenvalue weighted by Crippen LogP contribution is 2.06. The van der Waals surface area contributed by atoms with Crippen molar-refractivity contribution in [2.75, 3.05) is 6.61 Å². The van der Waals surface area contributed by atoms with Crippen molar-refractivity contribution in [3.63, 3.8) is 0 Å². The maximum absolute atomic E-state index is 11.4. The first-order chi connectivity index (χ1) is 7.72. The van der Waals surface area contributed by atoms with E-state index in [2.05, 4.69) is 13.8 Å². The quantitative estimate of drug-likeness (QED) is 0.334. The van der Waals surface area contributed by atoms with Gasteiger partial charge in [-0.3, -0.25) is 0 Å². The number of esters is 1. The lowest BCUT2D eigenvalue weighted by molar-refractivity contribution is -0.139. The molecular formula is C14H26O2. The van der Waals surface area contributed by atoms with Crippen LogP contribution in [0.4, 0.5) is 0 Å². The average Bonchev–Trinajstić information content (AvgIpc) is 2.28. The van der Waals surface area contributed by atoms with Crippen molar-refractivity contribution in [1.29, 1.82) is 0 Å². The van der Waals surface area contributed by atoms with Crippen LogP contribution in [-0.2, 0) is 9.53 Å². The molecule has 0 aromatic rings. The number of allylic oxidation sites excluding steroid dienone is 1. The summed E-state index contributed by atoms with van der Waals surface area (Å²) in [6.45, 7) is 6.68. The fraction of sp³-hybridized carbons (Fsp3) is 0.786. The highest BCUT2D eigenvalue weighted by atomic mass is 16.5. The fourth-order valence-corrected chi connectivity index (χ4v) is 1.40. The SMILES string of the molecule is CCCCCC/C=C(\C)C(=O)OCCCC. The Labute approximate surface area is 100 Å². The molecular weight excluding hydrogens is 200 g/mol. The summed E-state index contributed by atoms with van der Waals surface area (Å²) in [5, 5.41) is 0. The van der Waals surface area contributed by atoms with E-state index in [-0.39, 0.29) is 5.97 Å². The molecule has 0 aromatic carbocycles. The molecule has 0 radical (unpaired) electrons. The van der Waals surface area contributed by atoms with E-state index in [1.165, 1.54) is 25.7 Å². The van der Waals surface area contributed by atoms with Crippen LogP contribution in [0.15, 0.2) is 11.6 Å². The van der Waals surface area contributed by atoms with Gasteiger partial charge < -0.3 is 4.74 Å². The minimum Gasteiger partial charge on any atom is -0.462 e. The molecule has 0 bridgehead atoms. The Bertz CT molecular complexity index is 207. The highest BCUT2D eigenvalue weighted by molar-refractivity contribution is 5.87. The molecule has 2 heteroatoms. The van der Waals surface area contributed by atoms with Crippen LogP contribution >= 0.6 is 0 Å². The van der Waals surface area contributed by atoms with Crippen molar-refractivity contribution in [2.45, 2.75) is 65.7 Å². The molecule has 0 aliphatic carbocycles. The molecule has 0 saturated heterocycles. The summed E-state index contributed by atoms with van der Waals surface area (Å²) < 4.78 is 5.12. The van der Waals surface area contributed by atoms with E-state index in [0.717, 1.165) is 24.8 Å². The van der Waals surface area contributed by atoms with Gasteiger partial charge in [0.05, 0.1) is 6.61 Å². The zero-order chi connectivity index (χ0) is 12.2. The van der Waals surface area contributed by atoms with Gasteiger partial charge in [0.2, 0.25) is 0 Å². The smallest absolute Gasteiger partial charge is 0.333 e. The van der Waals surface area contributed by atoms with E-state index < -0.39 is 0 Å². The van der Waals surface area contributed by atoms with Crippen molar-refractivity contribution in [3.05, 3.63) is 11.6 Å². The van der Waals surface area contributed by atoms with E-state index in [4.69, 9.17) is 4.74 Å². The molecule has 0 spiro atoms. The molecule has 0 rings (SSSR count). The average molecular weight is 226 g/mol. The Morgan fingerprint density at radius 2 is 1.75 bits per heavy atom. The van der Waals surface area contributed by atoms with E-state index in [1.54, 1.807) is 0 Å². The Morgan fingerprint density at radius 3 is 2.38 bits per heavy atom. The minimum absolute atomic E-state index is 0.149. The van der Waals surface area contributed by atoms with Gasteiger partial charge in [0.1, 0.15) is 0 Å². The first-order valence-corrected chi connectivity index (χ1v) is 6.56. The maximum atomic E-state index is 11.4. The largest absolute Gasteiger partial charge is 0.462 e. The van der Waals surface area contributed by atoms with Crippen molar-refractivity contribution in [1.82, 2.24) is 0 Å². The summed E-state index contributed by atoms with van der Waals surface area (Å²) in [4.78, 5) is 11.4. The zero-order valence-corrected chi connectivity index (χ0v) is 11.1. The predicted octanol–water partition coefficient (Wildman–Crippen LogP) is 4.25. The lowest BCUT2D eigenvalue weighted by atomic mass is 10.1. The molecule has 16 heavy (non-hydrogen) atoms. The standard InChI is InChI=1S/C14H26O2/c1-4-6-8-9-10-11-13(3)14(15)16-12-7-5-2/h11H,4-10,12H2,1-3H3/b13-11+. The lowest BCUT2D eigenvalue weighted by Gasteiger charge is -2.03. The molecule has 2 nitrogen and oxygen atoms in total. The van der Waals surface area contributed by atoms with Gasteiger partial charge >= 0.3 is 5.97 Å². The van der Waals surface area contributed by atoms with E-state index in [0.29, 0.717) is 6.61 Å². The number of ether oxygens (including phenoxy) is 1. The molecule has 0 fully saturated rings. The van der Waals surface area contributed by atoms with Crippen LogP contribution < -0.4 is 0 Å². The number of hydrogen-bond acceptors (Lipinski definition) is 2. The molecule has 0 aliphatic heterocycles. The van der Waals surface area contributed by atoms with Gasteiger partial charge in [0.15, 0.2) is 0 Å². The van der Waals surface area contributed by atoms with Gasteiger partial charge in [-0.25, -0.2) is 4.79 Å². The van der Waals surface area contributed by atoms with Gasteiger partial charge in [-0.1, -0.05) is 45.6 Å².